The van der Waals surface area contributed by atoms with Crippen LogP contribution < -0.4 is 19.7 Å². The van der Waals surface area contributed by atoms with Gasteiger partial charge in [-0.3, -0.25) is 4.79 Å². The summed E-state index contributed by atoms with van der Waals surface area (Å²) in [5.41, 5.74) is 3.51. The number of likely N-dealkylation sites (N-methyl/N-ethyl adjacent to an activating group) is 1. The first kappa shape index (κ1) is 27.8. The number of hydrogen-bond acceptors (Lipinski definition) is 7. The monoisotopic (exact) mass is 587 g/mol. The van der Waals surface area contributed by atoms with E-state index < -0.39 is 15.9 Å². The zero-order valence-electron chi connectivity index (χ0n) is 23.0. The van der Waals surface area contributed by atoms with Crippen molar-refractivity contribution in [2.45, 2.75) is 50.0 Å². The van der Waals surface area contributed by atoms with E-state index in [1.165, 1.54) is 11.1 Å². The van der Waals surface area contributed by atoms with E-state index in [2.05, 4.69) is 27.1 Å². The summed E-state index contributed by atoms with van der Waals surface area (Å²) in [6, 6.07) is 11.7. The summed E-state index contributed by atoms with van der Waals surface area (Å²) < 4.78 is 40.0. The molecule has 0 saturated heterocycles. The number of carbonyl (C=O) groups excluding carboxylic acids is 1. The number of nitrogens with zero attached hydrogens (tertiary/aromatic N) is 1. The van der Waals surface area contributed by atoms with E-state index in [-0.39, 0.29) is 17.2 Å². The van der Waals surface area contributed by atoms with Crippen LogP contribution in [-0.2, 0) is 26.6 Å². The largest absolute Gasteiger partial charge is 0.490 e. The van der Waals surface area contributed by atoms with Crippen LogP contribution in [0.3, 0.4) is 0 Å². The summed E-state index contributed by atoms with van der Waals surface area (Å²) in [5.74, 6) is 0.852. The van der Waals surface area contributed by atoms with Crippen LogP contribution in [0.2, 0.25) is 5.02 Å². The fraction of sp³-hybridized carbons (Fsp3) is 0.567. The van der Waals surface area contributed by atoms with Gasteiger partial charge in [0.05, 0.1) is 24.7 Å². The molecule has 4 atom stereocenters. The Balaban J connectivity index is 1.41. The van der Waals surface area contributed by atoms with E-state index in [9.17, 15) is 13.2 Å². The Morgan fingerprint density at radius 3 is 2.83 bits per heavy atom. The highest BCUT2D eigenvalue weighted by Gasteiger charge is 2.44. The molecule has 0 radical (unpaired) electrons. The minimum atomic E-state index is -3.79. The summed E-state index contributed by atoms with van der Waals surface area (Å²) in [5, 5.41) is 4.21. The van der Waals surface area contributed by atoms with Crippen LogP contribution in [0.25, 0.3) is 0 Å². The molecule has 1 saturated carbocycles. The highest BCUT2D eigenvalue weighted by Crippen LogP contribution is 2.46. The van der Waals surface area contributed by atoms with Gasteiger partial charge in [0.25, 0.3) is 5.91 Å². The highest BCUT2D eigenvalue weighted by molar-refractivity contribution is 7.90. The number of carbonyl (C=O) groups is 1. The Labute approximate surface area is 241 Å². The number of rotatable bonds is 1. The van der Waals surface area contributed by atoms with Crippen LogP contribution >= 0.6 is 11.6 Å². The molecule has 0 unspecified atom stereocenters. The number of benzene rings is 2. The van der Waals surface area contributed by atoms with Crippen molar-refractivity contribution in [1.82, 2.24) is 10.0 Å². The Hall–Kier alpha value is -2.33. The topological polar surface area (TPSA) is 97.0 Å². The fourth-order valence-corrected chi connectivity index (χ4v) is 8.32. The van der Waals surface area contributed by atoms with E-state index >= 15 is 0 Å². The third kappa shape index (κ3) is 5.45. The molecule has 2 N–H and O–H groups in total. The third-order valence-electron chi connectivity index (χ3n) is 9.37. The summed E-state index contributed by atoms with van der Waals surface area (Å²) in [4.78, 5) is 15.5. The van der Waals surface area contributed by atoms with Crippen molar-refractivity contribution in [2.75, 3.05) is 50.6 Å². The molecule has 8 nitrogen and oxygen atoms in total. The van der Waals surface area contributed by atoms with E-state index in [1.54, 1.807) is 6.07 Å². The van der Waals surface area contributed by atoms with Gasteiger partial charge in [0.15, 0.2) is 0 Å². The lowest BCUT2D eigenvalue weighted by atomic mass is 9.68. The van der Waals surface area contributed by atoms with Crippen LogP contribution in [0.5, 0.6) is 5.75 Å². The van der Waals surface area contributed by atoms with Crippen molar-refractivity contribution >= 4 is 33.2 Å². The maximum atomic E-state index is 13.1. The maximum absolute atomic E-state index is 13.1. The first-order valence-corrected chi connectivity index (χ1v) is 16.4. The summed E-state index contributed by atoms with van der Waals surface area (Å²) in [6.07, 6.45) is 5.63. The molecule has 216 valence electrons. The molecule has 0 aromatic heterocycles. The second kappa shape index (κ2) is 11.2. The van der Waals surface area contributed by atoms with Gasteiger partial charge in [0, 0.05) is 41.7 Å². The Morgan fingerprint density at radius 2 is 2.02 bits per heavy atom. The predicted molar refractivity (Wildman–Crippen MR) is 156 cm³/mol. The summed E-state index contributed by atoms with van der Waals surface area (Å²) >= 11 is 6.39. The molecule has 1 fully saturated rings. The normalized spacial score (nSPS) is 30.2. The fourth-order valence-electron chi connectivity index (χ4n) is 7.12. The lowest BCUT2D eigenvalue weighted by Crippen LogP contribution is -2.52. The predicted octanol–water partition coefficient (Wildman–Crippen LogP) is 3.91. The van der Waals surface area contributed by atoms with Crippen LogP contribution in [0.4, 0.5) is 5.69 Å². The molecule has 1 amide bonds. The van der Waals surface area contributed by atoms with Gasteiger partial charge in [-0.05, 0) is 98.9 Å². The smallest absolute Gasteiger partial charge is 0.264 e. The molecule has 2 aromatic carbocycles. The van der Waals surface area contributed by atoms with Crippen molar-refractivity contribution in [3.63, 3.8) is 0 Å². The number of fused-ring (bicyclic) bond motifs is 4. The molecule has 2 aliphatic carbocycles. The number of nitrogens with one attached hydrogen (secondary N) is 2. The molecule has 4 aliphatic rings. The lowest BCUT2D eigenvalue weighted by molar-refractivity contribution is 0.0491. The minimum Gasteiger partial charge on any atom is -0.490 e. The molecular formula is C30H38ClN3O5S. The first-order valence-electron chi connectivity index (χ1n) is 14.4. The summed E-state index contributed by atoms with van der Waals surface area (Å²) in [7, 11) is -1.81. The molecule has 6 rings (SSSR count). The molecule has 10 heteroatoms. The number of amides is 1. The van der Waals surface area contributed by atoms with Gasteiger partial charge in [0.2, 0.25) is 10.0 Å². The molecule has 2 bridgehead atoms. The van der Waals surface area contributed by atoms with Crippen LogP contribution in [0, 0.1) is 11.8 Å². The number of ether oxygens (including phenoxy) is 2. The van der Waals surface area contributed by atoms with E-state index in [4.69, 9.17) is 21.1 Å². The standard InChI is InChI=1S/C30H38ClN3O5S/c1-32-26-17-38-12-3-13-40(36,37)33-29(35)21-6-10-28-27(15-21)34(16-22-5-8-24(22)26)18-30(19-39-28)11-2-4-20-14-23(31)7-9-25(20)30/h6-7,9-10,14-15,22,24,26,32H,2-5,8,11-13,16-19H2,1H3,(H,33,35)/t22-,24+,26+,30-/m0/s1. The van der Waals surface area contributed by atoms with Crippen molar-refractivity contribution < 1.29 is 22.7 Å². The second-order valence-electron chi connectivity index (χ2n) is 11.9. The highest BCUT2D eigenvalue weighted by atomic mass is 35.5. The van der Waals surface area contributed by atoms with Gasteiger partial charge in [0.1, 0.15) is 5.75 Å². The number of hydrogen-bond donors (Lipinski definition) is 2. The van der Waals surface area contributed by atoms with Crippen molar-refractivity contribution in [2.24, 2.45) is 11.8 Å². The molecule has 40 heavy (non-hydrogen) atoms. The molecule has 2 aromatic rings. The molecular weight excluding hydrogens is 550 g/mol. The van der Waals surface area contributed by atoms with Gasteiger partial charge < -0.3 is 19.7 Å². The van der Waals surface area contributed by atoms with Crippen molar-refractivity contribution in [1.29, 1.82) is 0 Å². The second-order valence-corrected chi connectivity index (χ2v) is 14.1. The lowest BCUT2D eigenvalue weighted by Gasteiger charge is -2.46. The van der Waals surface area contributed by atoms with Crippen LogP contribution in [0.1, 0.15) is 53.6 Å². The van der Waals surface area contributed by atoms with E-state index in [1.807, 2.05) is 25.2 Å². The SMILES string of the molecule is CN[C@@H]1COCCCS(=O)(=O)NC(=O)c2ccc3c(c2)N(C[C@@H]2CC[C@H]21)C[C@@]1(CCCc2cc(Cl)ccc21)CO3. The van der Waals surface area contributed by atoms with Crippen molar-refractivity contribution in [3.05, 3.63) is 58.1 Å². The number of sulfonamides is 1. The minimum absolute atomic E-state index is 0.166. The van der Waals surface area contributed by atoms with Crippen LogP contribution in [-0.4, -0.2) is 66.1 Å². The Morgan fingerprint density at radius 1 is 1.15 bits per heavy atom. The van der Waals surface area contributed by atoms with Gasteiger partial charge in [-0.15, -0.1) is 0 Å². The molecule has 1 spiro atoms. The quantitative estimate of drug-likeness (QED) is 0.522. The zero-order chi connectivity index (χ0) is 27.9. The van der Waals surface area contributed by atoms with Crippen LogP contribution in [0.15, 0.2) is 36.4 Å². The third-order valence-corrected chi connectivity index (χ3v) is 10.9. The Bertz CT molecular complexity index is 1390. The average Bonchev–Trinajstić information content (AvgIpc) is 3.06. The average molecular weight is 588 g/mol. The number of halogens is 1. The zero-order valence-corrected chi connectivity index (χ0v) is 24.5. The van der Waals surface area contributed by atoms with Gasteiger partial charge in [-0.25, -0.2) is 13.1 Å². The van der Waals surface area contributed by atoms with Gasteiger partial charge in [-0.2, -0.15) is 0 Å². The molecule has 2 heterocycles. The molecule has 2 aliphatic heterocycles. The van der Waals surface area contributed by atoms with Crippen molar-refractivity contribution in [3.8, 4) is 5.75 Å². The van der Waals surface area contributed by atoms with Gasteiger partial charge >= 0.3 is 0 Å². The maximum Gasteiger partial charge on any atom is 0.264 e. The van der Waals surface area contributed by atoms with E-state index in [0.717, 1.165) is 61.7 Å². The number of aryl methyl sites for hydroxylation is 1. The first-order chi connectivity index (χ1) is 19.3. The van der Waals surface area contributed by atoms with E-state index in [0.29, 0.717) is 43.6 Å². The number of anilines is 1. The van der Waals surface area contributed by atoms with Gasteiger partial charge in [-0.1, -0.05) is 17.7 Å². The Kier molecular flexibility index (Phi) is 7.76. The summed E-state index contributed by atoms with van der Waals surface area (Å²) in [6.45, 7) is 2.98.